The fourth-order valence-electron chi connectivity index (χ4n) is 2.66. The fraction of sp³-hybridized carbons (Fsp3) is 0.158. The smallest absolute Gasteiger partial charge is 0.338 e. The van der Waals surface area contributed by atoms with Crippen molar-refractivity contribution in [1.82, 2.24) is 4.57 Å². The zero-order chi connectivity index (χ0) is 16.2. The van der Waals surface area contributed by atoms with Crippen LogP contribution in [0.5, 0.6) is 0 Å². The third-order valence-electron chi connectivity index (χ3n) is 3.76. The van der Waals surface area contributed by atoms with Gasteiger partial charge >= 0.3 is 5.97 Å². The summed E-state index contributed by atoms with van der Waals surface area (Å²) in [5.74, 6) is -0.311. The molecule has 0 radical (unpaired) electrons. The van der Waals surface area contributed by atoms with Crippen molar-refractivity contribution in [2.75, 3.05) is 6.61 Å². The van der Waals surface area contributed by atoms with Crippen molar-refractivity contribution in [3.63, 3.8) is 0 Å². The maximum atomic E-state index is 11.7. The Hall–Kier alpha value is -2.88. The minimum absolute atomic E-state index is 0.311. The zero-order valence-electron chi connectivity index (χ0n) is 12.9. The molecule has 0 aliphatic heterocycles. The Morgan fingerprint density at radius 1 is 1.13 bits per heavy atom. The predicted octanol–water partition coefficient (Wildman–Crippen LogP) is 3.68. The average molecular weight is 307 g/mol. The van der Waals surface area contributed by atoms with E-state index in [1.165, 1.54) is 0 Å². The number of aromatic nitrogens is 1. The van der Waals surface area contributed by atoms with Crippen LogP contribution in [0.25, 0.3) is 10.9 Å². The molecule has 0 atom stereocenters. The van der Waals surface area contributed by atoms with Gasteiger partial charge in [-0.05, 0) is 30.7 Å². The number of esters is 1. The number of ether oxygens (including phenoxy) is 1. The van der Waals surface area contributed by atoms with E-state index in [9.17, 15) is 9.59 Å². The molecule has 0 bridgehead atoms. The second-order valence-electron chi connectivity index (χ2n) is 5.26. The Bertz CT molecular complexity index is 847. The molecule has 0 spiro atoms. The zero-order valence-corrected chi connectivity index (χ0v) is 12.9. The van der Waals surface area contributed by atoms with Gasteiger partial charge in [0.15, 0.2) is 6.29 Å². The normalized spacial score (nSPS) is 10.7. The Balaban J connectivity index is 1.88. The lowest BCUT2D eigenvalue weighted by Gasteiger charge is -2.07. The van der Waals surface area contributed by atoms with Gasteiger partial charge in [0.1, 0.15) is 0 Å². The SMILES string of the molecule is CCOC(=O)c1ccc(Cn2cc(C=O)c3ccccc32)cc1. The number of carbonyl (C=O) groups is 2. The molecule has 0 aliphatic rings. The highest BCUT2D eigenvalue weighted by Crippen LogP contribution is 2.21. The standard InChI is InChI=1S/C19H17NO3/c1-2-23-19(22)15-9-7-14(8-10-15)11-20-12-16(13-21)17-5-3-4-6-18(17)20/h3-10,12-13H,2,11H2,1H3. The van der Waals surface area contributed by atoms with E-state index in [0.717, 1.165) is 22.8 Å². The lowest BCUT2D eigenvalue weighted by Crippen LogP contribution is -2.05. The van der Waals surface area contributed by atoms with Crippen molar-refractivity contribution in [1.29, 1.82) is 0 Å². The largest absolute Gasteiger partial charge is 0.462 e. The van der Waals surface area contributed by atoms with Gasteiger partial charge in [0.2, 0.25) is 0 Å². The lowest BCUT2D eigenvalue weighted by molar-refractivity contribution is 0.0526. The quantitative estimate of drug-likeness (QED) is 0.533. The summed E-state index contributed by atoms with van der Waals surface area (Å²) in [5, 5.41) is 0.950. The number of rotatable bonds is 5. The van der Waals surface area contributed by atoms with Crippen LogP contribution in [0.4, 0.5) is 0 Å². The molecule has 4 nitrogen and oxygen atoms in total. The van der Waals surface area contributed by atoms with Crippen molar-refractivity contribution in [2.45, 2.75) is 13.5 Å². The van der Waals surface area contributed by atoms with Gasteiger partial charge < -0.3 is 9.30 Å². The van der Waals surface area contributed by atoms with E-state index in [2.05, 4.69) is 0 Å². The van der Waals surface area contributed by atoms with E-state index in [-0.39, 0.29) is 5.97 Å². The molecule has 116 valence electrons. The number of benzene rings is 2. The van der Waals surface area contributed by atoms with Gasteiger partial charge in [-0.2, -0.15) is 0 Å². The van der Waals surface area contributed by atoms with E-state index in [0.29, 0.717) is 24.3 Å². The van der Waals surface area contributed by atoms with Crippen molar-refractivity contribution in [2.24, 2.45) is 0 Å². The molecule has 0 unspecified atom stereocenters. The number of carbonyl (C=O) groups excluding carboxylic acids is 2. The van der Waals surface area contributed by atoms with Crippen LogP contribution in [0, 0.1) is 0 Å². The molecule has 0 aliphatic carbocycles. The van der Waals surface area contributed by atoms with Crippen LogP contribution < -0.4 is 0 Å². The van der Waals surface area contributed by atoms with Crippen LogP contribution in [-0.4, -0.2) is 23.4 Å². The van der Waals surface area contributed by atoms with Crippen molar-refractivity contribution in [3.8, 4) is 0 Å². The van der Waals surface area contributed by atoms with E-state index in [1.807, 2.05) is 47.2 Å². The molecule has 3 aromatic rings. The van der Waals surface area contributed by atoms with Gasteiger partial charge in [0, 0.05) is 29.2 Å². The molecule has 1 aromatic heterocycles. The Kier molecular flexibility index (Phi) is 4.24. The highest BCUT2D eigenvalue weighted by molar-refractivity contribution is 5.97. The second-order valence-corrected chi connectivity index (χ2v) is 5.26. The fourth-order valence-corrected chi connectivity index (χ4v) is 2.66. The summed E-state index contributed by atoms with van der Waals surface area (Å²) in [6.45, 7) is 2.79. The van der Waals surface area contributed by atoms with Crippen LogP contribution in [0.2, 0.25) is 0 Å². The number of nitrogens with zero attached hydrogens (tertiary/aromatic N) is 1. The summed E-state index contributed by atoms with van der Waals surface area (Å²) in [7, 11) is 0. The van der Waals surface area contributed by atoms with Gasteiger partial charge in [-0.3, -0.25) is 4.79 Å². The first-order chi connectivity index (χ1) is 11.2. The summed E-state index contributed by atoms with van der Waals surface area (Å²) < 4.78 is 7.02. The monoisotopic (exact) mass is 307 g/mol. The third-order valence-corrected chi connectivity index (χ3v) is 3.76. The van der Waals surface area contributed by atoms with E-state index in [4.69, 9.17) is 4.74 Å². The van der Waals surface area contributed by atoms with Gasteiger partial charge in [0.05, 0.1) is 12.2 Å². The molecule has 1 heterocycles. The maximum Gasteiger partial charge on any atom is 0.338 e. The van der Waals surface area contributed by atoms with E-state index >= 15 is 0 Å². The Labute approximate surface area is 134 Å². The lowest BCUT2D eigenvalue weighted by atomic mass is 10.1. The molecule has 0 fully saturated rings. The van der Waals surface area contributed by atoms with Crippen LogP contribution in [-0.2, 0) is 11.3 Å². The van der Waals surface area contributed by atoms with Crippen molar-refractivity contribution in [3.05, 3.63) is 71.4 Å². The highest BCUT2D eigenvalue weighted by atomic mass is 16.5. The molecular weight excluding hydrogens is 290 g/mol. The minimum Gasteiger partial charge on any atom is -0.462 e. The van der Waals surface area contributed by atoms with Crippen LogP contribution >= 0.6 is 0 Å². The molecule has 3 rings (SSSR count). The molecule has 4 heteroatoms. The number of fused-ring (bicyclic) bond motifs is 1. The number of hydrogen-bond donors (Lipinski definition) is 0. The van der Waals surface area contributed by atoms with Crippen LogP contribution in [0.15, 0.2) is 54.7 Å². The Morgan fingerprint density at radius 2 is 1.87 bits per heavy atom. The van der Waals surface area contributed by atoms with E-state index in [1.54, 1.807) is 19.1 Å². The number of hydrogen-bond acceptors (Lipinski definition) is 3. The highest BCUT2D eigenvalue weighted by Gasteiger charge is 2.09. The van der Waals surface area contributed by atoms with Crippen molar-refractivity contribution >= 4 is 23.2 Å². The first kappa shape index (κ1) is 15.0. The average Bonchev–Trinajstić information content (AvgIpc) is 2.94. The van der Waals surface area contributed by atoms with Crippen LogP contribution in [0.3, 0.4) is 0 Å². The minimum atomic E-state index is -0.311. The predicted molar refractivity (Wildman–Crippen MR) is 88.8 cm³/mol. The van der Waals surface area contributed by atoms with Gasteiger partial charge in [-0.1, -0.05) is 30.3 Å². The molecule has 23 heavy (non-hydrogen) atoms. The summed E-state index contributed by atoms with van der Waals surface area (Å²) >= 11 is 0. The molecule has 0 saturated heterocycles. The molecule has 0 saturated carbocycles. The topological polar surface area (TPSA) is 48.3 Å². The van der Waals surface area contributed by atoms with Gasteiger partial charge in [-0.25, -0.2) is 4.79 Å². The Morgan fingerprint density at radius 3 is 2.57 bits per heavy atom. The molecule has 0 amide bonds. The van der Waals surface area contributed by atoms with E-state index < -0.39 is 0 Å². The molecule has 2 aromatic carbocycles. The van der Waals surface area contributed by atoms with Crippen molar-refractivity contribution < 1.29 is 14.3 Å². The summed E-state index contributed by atoms with van der Waals surface area (Å²) in [6.07, 6.45) is 2.74. The summed E-state index contributed by atoms with van der Waals surface area (Å²) in [6, 6.07) is 15.2. The van der Waals surface area contributed by atoms with Gasteiger partial charge in [0.25, 0.3) is 0 Å². The summed E-state index contributed by atoms with van der Waals surface area (Å²) in [5.41, 5.74) is 3.30. The second kappa shape index (κ2) is 6.48. The molecular formula is C19H17NO3. The first-order valence-corrected chi connectivity index (χ1v) is 7.52. The van der Waals surface area contributed by atoms with Gasteiger partial charge in [-0.15, -0.1) is 0 Å². The summed E-state index contributed by atoms with van der Waals surface area (Å²) in [4.78, 5) is 22.9. The number of aldehydes is 1. The maximum absolute atomic E-state index is 11.7. The molecule has 0 N–H and O–H groups in total. The third kappa shape index (κ3) is 3.01. The first-order valence-electron chi connectivity index (χ1n) is 7.52. The van der Waals surface area contributed by atoms with Crippen LogP contribution in [0.1, 0.15) is 33.2 Å². The number of para-hydroxylation sites is 1.